The molecule has 5 nitrogen and oxygen atoms in total. The van der Waals surface area contributed by atoms with Crippen molar-refractivity contribution >= 4 is 11.6 Å². The maximum absolute atomic E-state index is 13.1. The summed E-state index contributed by atoms with van der Waals surface area (Å²) in [7, 11) is 0. The summed E-state index contributed by atoms with van der Waals surface area (Å²) in [5.41, 5.74) is 0.467. The van der Waals surface area contributed by atoms with E-state index in [1.807, 2.05) is 0 Å². The number of hydrogen-bond acceptors (Lipinski definition) is 4. The van der Waals surface area contributed by atoms with Crippen LogP contribution in [-0.2, 0) is 0 Å². The molecule has 0 aliphatic heterocycles. The summed E-state index contributed by atoms with van der Waals surface area (Å²) in [6, 6.07) is 5.96. The minimum atomic E-state index is -0.819. The van der Waals surface area contributed by atoms with E-state index in [0.717, 1.165) is 12.1 Å². The predicted molar refractivity (Wildman–Crippen MR) is 79.9 cm³/mol. The molecule has 1 amide bonds. The second-order valence-electron chi connectivity index (χ2n) is 4.90. The molecule has 22 heavy (non-hydrogen) atoms. The van der Waals surface area contributed by atoms with Gasteiger partial charge in [0.05, 0.1) is 0 Å². The first-order valence-corrected chi connectivity index (χ1v) is 6.44. The van der Waals surface area contributed by atoms with E-state index in [9.17, 15) is 24.2 Å². The minimum Gasteiger partial charge on any atom is -0.504 e. The van der Waals surface area contributed by atoms with E-state index in [4.69, 9.17) is 0 Å². The van der Waals surface area contributed by atoms with Crippen molar-refractivity contribution in [3.63, 3.8) is 0 Å². The molecule has 0 aromatic heterocycles. The third kappa shape index (κ3) is 3.06. The largest absolute Gasteiger partial charge is 0.504 e. The number of hydrogen-bond donors (Lipinski definition) is 3. The highest BCUT2D eigenvalue weighted by molar-refractivity contribution is 6.05. The Morgan fingerprint density at radius 1 is 1.09 bits per heavy atom. The highest BCUT2D eigenvalue weighted by Crippen LogP contribution is 2.23. The normalized spacial score (nSPS) is 10.3. The van der Waals surface area contributed by atoms with Gasteiger partial charge in [0.2, 0.25) is 11.2 Å². The van der Waals surface area contributed by atoms with E-state index in [1.165, 1.54) is 25.1 Å². The minimum absolute atomic E-state index is 0.0265. The van der Waals surface area contributed by atoms with Crippen molar-refractivity contribution in [3.05, 3.63) is 63.1 Å². The molecule has 0 aliphatic rings. The Morgan fingerprint density at radius 2 is 1.77 bits per heavy atom. The molecular weight excluding hydrogens is 289 g/mol. The number of rotatable bonds is 2. The molecule has 0 radical (unpaired) electrons. The van der Waals surface area contributed by atoms with Crippen molar-refractivity contribution in [1.82, 2.24) is 0 Å². The first kappa shape index (κ1) is 15.5. The molecule has 0 heterocycles. The quantitative estimate of drug-likeness (QED) is 0.795. The number of anilines is 1. The average Bonchev–Trinajstić information content (AvgIpc) is 2.54. The van der Waals surface area contributed by atoms with E-state index in [1.54, 1.807) is 6.92 Å². The summed E-state index contributed by atoms with van der Waals surface area (Å²) >= 11 is 0. The maximum atomic E-state index is 13.1. The highest BCUT2D eigenvalue weighted by atomic mass is 19.1. The molecule has 0 saturated heterocycles. The Kier molecular flexibility index (Phi) is 4.12. The Bertz CT molecular complexity index is 818. The van der Waals surface area contributed by atoms with Crippen LogP contribution >= 0.6 is 0 Å². The Balaban J connectivity index is 2.44. The van der Waals surface area contributed by atoms with Gasteiger partial charge >= 0.3 is 0 Å². The van der Waals surface area contributed by atoms with Crippen molar-refractivity contribution in [2.24, 2.45) is 0 Å². The molecule has 0 bridgehead atoms. The number of carbonyl (C=O) groups is 1. The van der Waals surface area contributed by atoms with Crippen LogP contribution in [0.5, 0.6) is 11.5 Å². The zero-order valence-electron chi connectivity index (χ0n) is 12.0. The van der Waals surface area contributed by atoms with Gasteiger partial charge in [0.15, 0.2) is 5.75 Å². The standard InChI is InChI=1S/C16H14FNO4/c1-8-6-13(19)15(21)14(20)7-11(8)16(22)18-12-4-3-10(17)5-9(12)2/h3-7H,1-2H3,(H,18,22)(H2,19,20,21). The van der Waals surface area contributed by atoms with Crippen molar-refractivity contribution < 1.29 is 19.4 Å². The lowest BCUT2D eigenvalue weighted by atomic mass is 10.1. The smallest absolute Gasteiger partial charge is 0.256 e. The van der Waals surface area contributed by atoms with Crippen LogP contribution in [0.1, 0.15) is 21.5 Å². The predicted octanol–water partition coefficient (Wildman–Crippen LogP) is 2.47. The molecule has 6 heteroatoms. The zero-order chi connectivity index (χ0) is 16.4. The van der Waals surface area contributed by atoms with Crippen molar-refractivity contribution in [3.8, 4) is 11.5 Å². The molecule has 2 aromatic carbocycles. The summed E-state index contributed by atoms with van der Waals surface area (Å²) in [6.07, 6.45) is 0. The monoisotopic (exact) mass is 303 g/mol. The van der Waals surface area contributed by atoms with Crippen LogP contribution in [0, 0.1) is 19.7 Å². The van der Waals surface area contributed by atoms with Gasteiger partial charge in [-0.25, -0.2) is 4.39 Å². The molecule has 0 fully saturated rings. The lowest BCUT2D eigenvalue weighted by molar-refractivity contribution is 0.102. The van der Waals surface area contributed by atoms with Gasteiger partial charge in [-0.05, 0) is 55.3 Å². The number of benzene rings is 1. The number of aromatic hydroxyl groups is 2. The molecule has 3 N–H and O–H groups in total. The number of aryl methyl sites for hydroxylation is 2. The fraction of sp³-hybridized carbons (Fsp3) is 0.125. The van der Waals surface area contributed by atoms with Gasteiger partial charge in [-0.2, -0.15) is 0 Å². The average molecular weight is 303 g/mol. The van der Waals surface area contributed by atoms with Crippen molar-refractivity contribution in [2.45, 2.75) is 13.8 Å². The van der Waals surface area contributed by atoms with Crippen molar-refractivity contribution in [2.75, 3.05) is 5.32 Å². The molecule has 0 aliphatic carbocycles. The summed E-state index contributed by atoms with van der Waals surface area (Å²) in [6.45, 7) is 3.14. The van der Waals surface area contributed by atoms with Gasteiger partial charge in [0.25, 0.3) is 5.91 Å². The van der Waals surface area contributed by atoms with Crippen LogP contribution in [0.15, 0.2) is 35.1 Å². The van der Waals surface area contributed by atoms with E-state index < -0.39 is 28.7 Å². The van der Waals surface area contributed by atoms with Crippen LogP contribution in [0.2, 0.25) is 0 Å². The van der Waals surface area contributed by atoms with Gasteiger partial charge in [-0.3, -0.25) is 9.59 Å². The van der Waals surface area contributed by atoms with E-state index in [0.29, 0.717) is 11.3 Å². The lowest BCUT2D eigenvalue weighted by Gasteiger charge is -2.09. The number of nitrogens with one attached hydrogen (secondary N) is 1. The summed E-state index contributed by atoms with van der Waals surface area (Å²) in [4.78, 5) is 23.8. The lowest BCUT2D eigenvalue weighted by Crippen LogP contribution is -2.13. The van der Waals surface area contributed by atoms with Gasteiger partial charge in [-0.15, -0.1) is 0 Å². The van der Waals surface area contributed by atoms with E-state index in [-0.39, 0.29) is 11.1 Å². The number of carbonyl (C=O) groups excluding carboxylic acids is 1. The van der Waals surface area contributed by atoms with Gasteiger partial charge in [0.1, 0.15) is 5.82 Å². The topological polar surface area (TPSA) is 86.6 Å². The first-order chi connectivity index (χ1) is 10.3. The van der Waals surface area contributed by atoms with Gasteiger partial charge < -0.3 is 15.5 Å². The van der Waals surface area contributed by atoms with Crippen LogP contribution in [0.3, 0.4) is 0 Å². The Morgan fingerprint density at radius 3 is 2.41 bits per heavy atom. The molecular formula is C16H14FNO4. The molecule has 0 atom stereocenters. The second kappa shape index (κ2) is 5.85. The fourth-order valence-electron chi connectivity index (χ4n) is 1.99. The van der Waals surface area contributed by atoms with E-state index in [2.05, 4.69) is 5.32 Å². The molecule has 2 aromatic rings. The molecule has 0 unspecified atom stereocenters. The fourth-order valence-corrected chi connectivity index (χ4v) is 1.99. The second-order valence-corrected chi connectivity index (χ2v) is 4.90. The first-order valence-electron chi connectivity index (χ1n) is 6.44. The molecule has 114 valence electrons. The van der Waals surface area contributed by atoms with Crippen LogP contribution in [0.4, 0.5) is 10.1 Å². The zero-order valence-corrected chi connectivity index (χ0v) is 12.0. The highest BCUT2D eigenvalue weighted by Gasteiger charge is 2.14. The molecule has 0 saturated carbocycles. The Hall–Kier alpha value is -2.89. The number of halogens is 1. The SMILES string of the molecule is Cc1cc(F)ccc1NC(=O)c1cc(O)c(O)c(=O)cc1C. The molecule has 2 rings (SSSR count). The summed E-state index contributed by atoms with van der Waals surface area (Å²) in [5, 5.41) is 21.6. The third-order valence-corrected chi connectivity index (χ3v) is 3.21. The maximum Gasteiger partial charge on any atom is 0.256 e. The van der Waals surface area contributed by atoms with E-state index >= 15 is 0 Å². The van der Waals surface area contributed by atoms with Crippen LogP contribution in [0.25, 0.3) is 0 Å². The molecule has 0 spiro atoms. The Labute approximate surface area is 125 Å². The third-order valence-electron chi connectivity index (χ3n) is 3.21. The number of amides is 1. The van der Waals surface area contributed by atoms with Crippen LogP contribution in [-0.4, -0.2) is 16.1 Å². The summed E-state index contributed by atoms with van der Waals surface area (Å²) < 4.78 is 13.1. The van der Waals surface area contributed by atoms with Crippen molar-refractivity contribution in [1.29, 1.82) is 0 Å². The summed E-state index contributed by atoms with van der Waals surface area (Å²) in [5.74, 6) is -2.51. The van der Waals surface area contributed by atoms with Crippen LogP contribution < -0.4 is 10.7 Å². The van der Waals surface area contributed by atoms with Gasteiger partial charge in [-0.1, -0.05) is 0 Å². The van der Waals surface area contributed by atoms with Gasteiger partial charge in [0, 0.05) is 11.3 Å².